The number of rotatable bonds is 7. The number of methoxy groups -OCH3 is 1. The first-order valence-corrected chi connectivity index (χ1v) is 10.8. The summed E-state index contributed by atoms with van der Waals surface area (Å²) in [7, 11) is 1.55. The number of hydrogen-bond acceptors (Lipinski definition) is 6. The third-order valence-electron chi connectivity index (χ3n) is 5.40. The largest absolute Gasteiger partial charge is 0.496 e. The van der Waals surface area contributed by atoms with Gasteiger partial charge in [-0.25, -0.2) is 10.5 Å². The zero-order chi connectivity index (χ0) is 24.8. The number of hydrogen-bond donors (Lipinski definition) is 3. The standard InChI is InChI=1S/C26H23N5O4/c1-16(18-12-8-9-15-21(18)35-2)28-31-26(34)23(27-24(32)17-10-4-3-5-11-17)22-19-13-6-7-14-20(19)25(33)30-29-22/h3-15,23H,1-2H3,(H,27,32)(H,30,33)(H,31,34)/b28-16-. The van der Waals surface area contributed by atoms with Crippen molar-refractivity contribution in [2.24, 2.45) is 5.10 Å². The lowest BCUT2D eigenvalue weighted by atomic mass is 10.0. The molecule has 0 saturated heterocycles. The highest BCUT2D eigenvalue weighted by atomic mass is 16.5. The molecule has 0 radical (unpaired) electrons. The van der Waals surface area contributed by atoms with Crippen molar-refractivity contribution in [2.45, 2.75) is 13.0 Å². The van der Waals surface area contributed by atoms with Crippen molar-refractivity contribution in [3.05, 3.63) is 106 Å². The number of aromatic amines is 1. The predicted octanol–water partition coefficient (Wildman–Crippen LogP) is 2.94. The molecule has 9 nitrogen and oxygen atoms in total. The van der Waals surface area contributed by atoms with E-state index in [1.165, 1.54) is 0 Å². The number of nitrogens with zero attached hydrogens (tertiary/aromatic N) is 2. The number of para-hydroxylation sites is 1. The fourth-order valence-electron chi connectivity index (χ4n) is 3.63. The maximum absolute atomic E-state index is 13.3. The number of carbonyl (C=O) groups is 2. The Kier molecular flexibility index (Phi) is 6.96. The van der Waals surface area contributed by atoms with Gasteiger partial charge in [0.25, 0.3) is 17.4 Å². The normalized spacial score (nSPS) is 12.1. The Bertz CT molecular complexity index is 1460. The Balaban J connectivity index is 1.71. The van der Waals surface area contributed by atoms with E-state index in [1.807, 2.05) is 18.2 Å². The van der Waals surface area contributed by atoms with Gasteiger partial charge in [0.15, 0.2) is 6.04 Å². The molecule has 0 saturated carbocycles. The molecule has 4 rings (SSSR count). The van der Waals surface area contributed by atoms with E-state index >= 15 is 0 Å². The minimum absolute atomic E-state index is 0.187. The van der Waals surface area contributed by atoms with E-state index in [-0.39, 0.29) is 5.69 Å². The van der Waals surface area contributed by atoms with E-state index in [9.17, 15) is 14.4 Å². The number of nitrogens with one attached hydrogen (secondary N) is 3. The van der Waals surface area contributed by atoms with Gasteiger partial charge in [-0.3, -0.25) is 14.4 Å². The number of H-pyrrole nitrogens is 1. The summed E-state index contributed by atoms with van der Waals surface area (Å²) in [5, 5.41) is 14.2. The first-order valence-electron chi connectivity index (χ1n) is 10.8. The summed E-state index contributed by atoms with van der Waals surface area (Å²) < 4.78 is 5.36. The Morgan fingerprint density at radius 2 is 1.60 bits per heavy atom. The molecule has 0 fully saturated rings. The Morgan fingerprint density at radius 1 is 0.943 bits per heavy atom. The maximum atomic E-state index is 13.3. The zero-order valence-corrected chi connectivity index (χ0v) is 19.1. The number of aromatic nitrogens is 2. The molecular formula is C26H23N5O4. The molecule has 1 aromatic heterocycles. The van der Waals surface area contributed by atoms with Crippen molar-refractivity contribution < 1.29 is 14.3 Å². The molecule has 0 aliphatic carbocycles. The van der Waals surface area contributed by atoms with Crippen LogP contribution in [0.2, 0.25) is 0 Å². The second-order valence-electron chi connectivity index (χ2n) is 7.63. The number of ether oxygens (including phenoxy) is 1. The molecule has 176 valence electrons. The molecule has 0 spiro atoms. The van der Waals surface area contributed by atoms with Gasteiger partial charge in [-0.05, 0) is 37.3 Å². The third-order valence-corrected chi connectivity index (χ3v) is 5.40. The van der Waals surface area contributed by atoms with Gasteiger partial charge in [-0.1, -0.05) is 48.5 Å². The van der Waals surface area contributed by atoms with Gasteiger partial charge in [-0.2, -0.15) is 10.2 Å². The van der Waals surface area contributed by atoms with Crippen molar-refractivity contribution in [2.75, 3.05) is 7.11 Å². The van der Waals surface area contributed by atoms with E-state index in [4.69, 9.17) is 4.74 Å². The summed E-state index contributed by atoms with van der Waals surface area (Å²) in [6, 6.07) is 21.2. The molecule has 2 amide bonds. The van der Waals surface area contributed by atoms with Gasteiger partial charge < -0.3 is 10.1 Å². The molecule has 9 heteroatoms. The van der Waals surface area contributed by atoms with Crippen LogP contribution >= 0.6 is 0 Å². The molecule has 1 atom stereocenters. The molecule has 35 heavy (non-hydrogen) atoms. The van der Waals surface area contributed by atoms with Gasteiger partial charge in [0.2, 0.25) is 0 Å². The van der Waals surface area contributed by atoms with E-state index in [2.05, 4.69) is 26.0 Å². The monoisotopic (exact) mass is 469 g/mol. The van der Waals surface area contributed by atoms with E-state index in [1.54, 1.807) is 74.7 Å². The van der Waals surface area contributed by atoms with Crippen molar-refractivity contribution in [3.63, 3.8) is 0 Å². The highest BCUT2D eigenvalue weighted by Crippen LogP contribution is 2.21. The number of hydrazone groups is 1. The Morgan fingerprint density at radius 3 is 2.34 bits per heavy atom. The molecule has 3 N–H and O–H groups in total. The molecule has 1 heterocycles. The number of benzene rings is 3. The first-order chi connectivity index (χ1) is 17.0. The predicted molar refractivity (Wildman–Crippen MR) is 132 cm³/mol. The van der Waals surface area contributed by atoms with Gasteiger partial charge in [-0.15, -0.1) is 0 Å². The van der Waals surface area contributed by atoms with E-state index < -0.39 is 23.4 Å². The maximum Gasteiger partial charge on any atom is 0.272 e. The highest BCUT2D eigenvalue weighted by Gasteiger charge is 2.27. The minimum Gasteiger partial charge on any atom is -0.496 e. The lowest BCUT2D eigenvalue weighted by Gasteiger charge is -2.18. The van der Waals surface area contributed by atoms with Crippen LogP contribution < -0.4 is 21.0 Å². The van der Waals surface area contributed by atoms with Crippen LogP contribution in [0.5, 0.6) is 5.75 Å². The summed E-state index contributed by atoms with van der Waals surface area (Å²) in [5.41, 5.74) is 3.87. The van der Waals surface area contributed by atoms with Gasteiger partial charge >= 0.3 is 0 Å². The van der Waals surface area contributed by atoms with Crippen LogP contribution in [-0.2, 0) is 4.79 Å². The highest BCUT2D eigenvalue weighted by molar-refractivity contribution is 6.03. The van der Waals surface area contributed by atoms with Crippen LogP contribution in [0.3, 0.4) is 0 Å². The van der Waals surface area contributed by atoms with Gasteiger partial charge in [0.1, 0.15) is 11.4 Å². The van der Waals surface area contributed by atoms with Crippen LogP contribution in [0.1, 0.15) is 34.6 Å². The van der Waals surface area contributed by atoms with Crippen LogP contribution in [0.4, 0.5) is 0 Å². The molecular weight excluding hydrogens is 446 g/mol. The Labute approximate surface area is 200 Å². The third kappa shape index (κ3) is 5.09. The summed E-state index contributed by atoms with van der Waals surface area (Å²) in [6.45, 7) is 1.73. The van der Waals surface area contributed by atoms with Crippen molar-refractivity contribution >= 4 is 28.3 Å². The molecule has 1 unspecified atom stereocenters. The smallest absolute Gasteiger partial charge is 0.272 e. The lowest BCUT2D eigenvalue weighted by Crippen LogP contribution is -2.40. The summed E-state index contributed by atoms with van der Waals surface area (Å²) in [6.07, 6.45) is 0. The summed E-state index contributed by atoms with van der Waals surface area (Å²) in [5.74, 6) is -0.508. The first kappa shape index (κ1) is 23.4. The molecule has 0 aliphatic heterocycles. The fourth-order valence-corrected chi connectivity index (χ4v) is 3.63. The molecule has 4 aromatic rings. The van der Waals surface area contributed by atoms with E-state index in [0.717, 1.165) is 0 Å². The van der Waals surface area contributed by atoms with Crippen LogP contribution in [0.15, 0.2) is 88.8 Å². The second kappa shape index (κ2) is 10.4. The quantitative estimate of drug-likeness (QED) is 0.283. The average Bonchev–Trinajstić information content (AvgIpc) is 2.91. The SMILES string of the molecule is COc1ccccc1/C(C)=N\NC(=O)C(NC(=O)c1ccccc1)c1n[nH]c(=O)c2ccccc12. The van der Waals surface area contributed by atoms with Crippen LogP contribution in [0.25, 0.3) is 10.8 Å². The number of amides is 2. The summed E-state index contributed by atoms with van der Waals surface area (Å²) >= 11 is 0. The molecule has 3 aromatic carbocycles. The van der Waals surface area contributed by atoms with Crippen molar-refractivity contribution in [1.82, 2.24) is 20.9 Å². The Hall–Kier alpha value is -4.79. The van der Waals surface area contributed by atoms with E-state index in [0.29, 0.717) is 33.4 Å². The average molecular weight is 470 g/mol. The lowest BCUT2D eigenvalue weighted by molar-refractivity contribution is -0.123. The van der Waals surface area contributed by atoms with Crippen molar-refractivity contribution in [1.29, 1.82) is 0 Å². The minimum atomic E-state index is -1.24. The fraction of sp³-hybridized carbons (Fsp3) is 0.115. The van der Waals surface area contributed by atoms with Crippen molar-refractivity contribution in [3.8, 4) is 5.75 Å². The number of carbonyl (C=O) groups excluding carboxylic acids is 2. The molecule has 0 aliphatic rings. The second-order valence-corrected chi connectivity index (χ2v) is 7.63. The molecule has 0 bridgehead atoms. The van der Waals surface area contributed by atoms with Gasteiger partial charge in [0.05, 0.1) is 18.2 Å². The van der Waals surface area contributed by atoms with Crippen LogP contribution in [-0.4, -0.2) is 34.8 Å². The number of fused-ring (bicyclic) bond motifs is 1. The zero-order valence-electron chi connectivity index (χ0n) is 19.1. The van der Waals surface area contributed by atoms with Crippen LogP contribution in [0, 0.1) is 0 Å². The topological polar surface area (TPSA) is 126 Å². The summed E-state index contributed by atoms with van der Waals surface area (Å²) in [4.78, 5) is 38.5. The van der Waals surface area contributed by atoms with Gasteiger partial charge in [0, 0.05) is 16.5 Å².